The van der Waals surface area contributed by atoms with Gasteiger partial charge in [-0.3, -0.25) is 0 Å². The van der Waals surface area contributed by atoms with Gasteiger partial charge in [-0.2, -0.15) is 11.8 Å². The highest BCUT2D eigenvalue weighted by molar-refractivity contribution is 7.98. The van der Waals surface area contributed by atoms with Crippen molar-refractivity contribution in [2.24, 2.45) is 0 Å². The highest BCUT2D eigenvalue weighted by atomic mass is 32.2. The summed E-state index contributed by atoms with van der Waals surface area (Å²) in [6.45, 7) is 0.907. The van der Waals surface area contributed by atoms with Gasteiger partial charge < -0.3 is 10.5 Å². The lowest BCUT2D eigenvalue weighted by molar-refractivity contribution is 0.129. The van der Waals surface area contributed by atoms with Crippen LogP contribution in [0.2, 0.25) is 0 Å². The maximum atomic E-state index is 5.97. The predicted molar refractivity (Wildman–Crippen MR) is 79.1 cm³/mol. The Morgan fingerprint density at radius 1 is 1.32 bits per heavy atom. The number of hydrogen-bond acceptors (Lipinski definition) is 5. The first-order valence-corrected chi connectivity index (χ1v) is 7.69. The van der Waals surface area contributed by atoms with Crippen LogP contribution in [0.5, 0.6) is 0 Å². The van der Waals surface area contributed by atoms with Crippen LogP contribution in [0.4, 0.5) is 5.82 Å². The highest BCUT2D eigenvalue weighted by Crippen LogP contribution is 2.22. The molecule has 1 aliphatic rings. The number of fused-ring (bicyclic) bond motifs is 1. The van der Waals surface area contributed by atoms with E-state index in [2.05, 4.69) is 9.97 Å². The van der Waals surface area contributed by atoms with E-state index < -0.39 is 0 Å². The minimum atomic E-state index is 0.405. The quantitative estimate of drug-likeness (QED) is 0.929. The number of aromatic nitrogens is 2. The van der Waals surface area contributed by atoms with Crippen LogP contribution in [0.25, 0.3) is 10.9 Å². The van der Waals surface area contributed by atoms with Gasteiger partial charge in [0.15, 0.2) is 0 Å². The number of benzene rings is 1. The summed E-state index contributed by atoms with van der Waals surface area (Å²) in [4.78, 5) is 8.92. The Kier molecular flexibility index (Phi) is 3.84. The Morgan fingerprint density at radius 2 is 2.21 bits per heavy atom. The van der Waals surface area contributed by atoms with E-state index in [0.717, 1.165) is 34.8 Å². The molecule has 5 heteroatoms. The number of nitrogens with two attached hydrogens (primary N) is 1. The summed E-state index contributed by atoms with van der Waals surface area (Å²) in [5, 5.41) is 0.926. The summed E-state index contributed by atoms with van der Waals surface area (Å²) in [7, 11) is 0. The van der Waals surface area contributed by atoms with Crippen LogP contribution in [0.15, 0.2) is 24.3 Å². The van der Waals surface area contributed by atoms with Crippen LogP contribution in [-0.4, -0.2) is 28.4 Å². The number of anilines is 1. The van der Waals surface area contributed by atoms with Crippen LogP contribution in [0.1, 0.15) is 18.7 Å². The molecular weight excluding hydrogens is 258 g/mol. The Labute approximate surface area is 116 Å². The first-order valence-electron chi connectivity index (χ1n) is 6.53. The third kappa shape index (κ3) is 2.98. The van der Waals surface area contributed by atoms with Gasteiger partial charge in [0.25, 0.3) is 0 Å². The van der Waals surface area contributed by atoms with Crippen molar-refractivity contribution < 1.29 is 4.74 Å². The van der Waals surface area contributed by atoms with E-state index in [1.807, 2.05) is 36.0 Å². The molecule has 1 atom stereocenters. The molecule has 0 radical (unpaired) electrons. The molecular formula is C14H17N3OS. The molecule has 2 N–H and O–H groups in total. The fourth-order valence-corrected chi connectivity index (χ4v) is 3.23. The van der Waals surface area contributed by atoms with Gasteiger partial charge in [0.1, 0.15) is 11.6 Å². The smallest absolute Gasteiger partial charge is 0.141 e. The van der Waals surface area contributed by atoms with Crippen molar-refractivity contribution in [3.05, 3.63) is 30.1 Å². The summed E-state index contributed by atoms with van der Waals surface area (Å²) in [6.07, 6.45) is 2.76. The Balaban J connectivity index is 1.67. The number of rotatable bonds is 4. The molecule has 0 bridgehead atoms. The molecule has 1 aromatic carbocycles. The van der Waals surface area contributed by atoms with E-state index >= 15 is 0 Å². The van der Waals surface area contributed by atoms with Crippen molar-refractivity contribution in [2.75, 3.05) is 18.1 Å². The van der Waals surface area contributed by atoms with Gasteiger partial charge in [-0.15, -0.1) is 0 Å². The van der Waals surface area contributed by atoms with Crippen molar-refractivity contribution in [3.8, 4) is 0 Å². The average Bonchev–Trinajstić information content (AvgIpc) is 2.92. The molecule has 1 fully saturated rings. The Hall–Kier alpha value is -1.33. The average molecular weight is 275 g/mol. The Morgan fingerprint density at radius 3 is 3.05 bits per heavy atom. The number of thioether (sulfide) groups is 1. The van der Waals surface area contributed by atoms with Gasteiger partial charge in [0.05, 0.1) is 17.4 Å². The fraction of sp³-hybridized carbons (Fsp3) is 0.429. The minimum Gasteiger partial charge on any atom is -0.383 e. The molecule has 3 rings (SSSR count). The van der Waals surface area contributed by atoms with Gasteiger partial charge in [0.2, 0.25) is 0 Å². The van der Waals surface area contributed by atoms with Gasteiger partial charge >= 0.3 is 0 Å². The molecule has 4 nitrogen and oxygen atoms in total. The monoisotopic (exact) mass is 275 g/mol. The van der Waals surface area contributed by atoms with E-state index in [0.29, 0.717) is 11.9 Å². The Bertz CT molecular complexity index is 570. The second-order valence-corrected chi connectivity index (χ2v) is 5.72. The zero-order valence-electron chi connectivity index (χ0n) is 10.7. The van der Waals surface area contributed by atoms with Crippen LogP contribution < -0.4 is 5.73 Å². The van der Waals surface area contributed by atoms with Crippen molar-refractivity contribution in [3.63, 3.8) is 0 Å². The standard InChI is InChI=1S/C14H17N3OS/c15-14-11-5-1-2-6-12(11)16-13(17-14)9-19-8-10-4-3-7-18-10/h1-2,5-6,10H,3-4,7-9H2,(H2,15,16,17)/t10-/m1/s1. The fourth-order valence-electron chi connectivity index (χ4n) is 2.27. The van der Waals surface area contributed by atoms with Gasteiger partial charge in [-0.05, 0) is 25.0 Å². The first kappa shape index (κ1) is 12.7. The molecule has 1 aromatic heterocycles. The van der Waals surface area contributed by atoms with Gasteiger partial charge in [0, 0.05) is 17.7 Å². The summed E-state index contributed by atoms with van der Waals surface area (Å²) >= 11 is 1.82. The summed E-state index contributed by atoms with van der Waals surface area (Å²) in [5.41, 5.74) is 6.89. The molecule has 1 aliphatic heterocycles. The third-order valence-electron chi connectivity index (χ3n) is 3.24. The zero-order valence-corrected chi connectivity index (χ0v) is 11.5. The lowest BCUT2D eigenvalue weighted by Gasteiger charge is -2.09. The van der Waals surface area contributed by atoms with Crippen LogP contribution in [0, 0.1) is 0 Å². The van der Waals surface area contributed by atoms with Crippen LogP contribution >= 0.6 is 11.8 Å². The van der Waals surface area contributed by atoms with E-state index in [-0.39, 0.29) is 0 Å². The van der Waals surface area contributed by atoms with Crippen molar-refractivity contribution in [2.45, 2.75) is 24.7 Å². The van der Waals surface area contributed by atoms with Crippen LogP contribution in [0.3, 0.4) is 0 Å². The molecule has 0 spiro atoms. The number of nitrogen functional groups attached to an aromatic ring is 1. The van der Waals surface area contributed by atoms with E-state index in [1.165, 1.54) is 12.8 Å². The molecule has 0 amide bonds. The van der Waals surface area contributed by atoms with E-state index in [1.54, 1.807) is 0 Å². The summed E-state index contributed by atoms with van der Waals surface area (Å²) in [6, 6.07) is 7.85. The largest absolute Gasteiger partial charge is 0.383 e. The molecule has 1 saturated heterocycles. The summed E-state index contributed by atoms with van der Waals surface area (Å²) in [5.74, 6) is 3.17. The second-order valence-electron chi connectivity index (χ2n) is 4.69. The lowest BCUT2D eigenvalue weighted by atomic mass is 10.2. The third-order valence-corrected chi connectivity index (χ3v) is 4.31. The van der Waals surface area contributed by atoms with Gasteiger partial charge in [-0.1, -0.05) is 12.1 Å². The van der Waals surface area contributed by atoms with Crippen molar-refractivity contribution >= 4 is 28.5 Å². The lowest BCUT2D eigenvalue weighted by Crippen LogP contribution is -2.08. The zero-order chi connectivity index (χ0) is 13.1. The molecule has 0 unspecified atom stereocenters. The highest BCUT2D eigenvalue weighted by Gasteiger charge is 2.15. The van der Waals surface area contributed by atoms with Gasteiger partial charge in [-0.25, -0.2) is 9.97 Å². The molecule has 2 aromatic rings. The molecule has 0 aliphatic carbocycles. The molecule has 100 valence electrons. The van der Waals surface area contributed by atoms with E-state index in [9.17, 15) is 0 Å². The predicted octanol–water partition coefficient (Wildman–Crippen LogP) is 2.62. The number of para-hydroxylation sites is 1. The van der Waals surface area contributed by atoms with Crippen molar-refractivity contribution in [1.82, 2.24) is 9.97 Å². The van der Waals surface area contributed by atoms with Crippen LogP contribution in [-0.2, 0) is 10.5 Å². The maximum absolute atomic E-state index is 5.97. The summed E-state index contributed by atoms with van der Waals surface area (Å²) < 4.78 is 5.60. The SMILES string of the molecule is Nc1nc(CSC[C@H]2CCCO2)nc2ccccc12. The molecule has 0 saturated carbocycles. The number of ether oxygens (including phenoxy) is 1. The van der Waals surface area contributed by atoms with Crippen molar-refractivity contribution in [1.29, 1.82) is 0 Å². The first-order chi connectivity index (χ1) is 9.33. The molecule has 2 heterocycles. The topological polar surface area (TPSA) is 61.0 Å². The maximum Gasteiger partial charge on any atom is 0.141 e. The molecule has 19 heavy (non-hydrogen) atoms. The minimum absolute atomic E-state index is 0.405. The number of hydrogen-bond donors (Lipinski definition) is 1. The normalized spacial score (nSPS) is 19.1. The van der Waals surface area contributed by atoms with E-state index in [4.69, 9.17) is 10.5 Å². The second kappa shape index (κ2) is 5.75. The number of nitrogens with zero attached hydrogens (tertiary/aromatic N) is 2.